The van der Waals surface area contributed by atoms with E-state index in [0.29, 0.717) is 17.9 Å². The van der Waals surface area contributed by atoms with Crippen LogP contribution in [-0.4, -0.2) is 25.3 Å². The van der Waals surface area contributed by atoms with E-state index in [4.69, 9.17) is 4.74 Å². The minimum absolute atomic E-state index is 0.119. The third kappa shape index (κ3) is 5.30. The molecule has 0 heterocycles. The molecule has 0 aromatic heterocycles. The highest BCUT2D eigenvalue weighted by molar-refractivity contribution is 5.80. The van der Waals surface area contributed by atoms with Gasteiger partial charge in [-0.3, -0.25) is 9.59 Å². The molecule has 4 nitrogen and oxygen atoms in total. The molecule has 0 unspecified atom stereocenters. The number of ether oxygens (including phenoxy) is 1. The van der Waals surface area contributed by atoms with Gasteiger partial charge < -0.3 is 10.1 Å². The zero-order valence-electron chi connectivity index (χ0n) is 15.6. The molecule has 0 fully saturated rings. The Hall–Kier alpha value is -3.40. The largest absolute Gasteiger partial charge is 0.483 e. The van der Waals surface area contributed by atoms with Gasteiger partial charge in [-0.05, 0) is 29.7 Å². The molecular formula is C24H23NO3. The van der Waals surface area contributed by atoms with Crippen LogP contribution in [0, 0.1) is 0 Å². The van der Waals surface area contributed by atoms with Crippen molar-refractivity contribution in [1.82, 2.24) is 5.32 Å². The maximum atomic E-state index is 12.1. The zero-order valence-corrected chi connectivity index (χ0v) is 15.6. The molecule has 0 saturated heterocycles. The number of para-hydroxylation sites is 1. The minimum Gasteiger partial charge on any atom is -0.483 e. The fourth-order valence-electron chi connectivity index (χ4n) is 3.16. The summed E-state index contributed by atoms with van der Waals surface area (Å²) in [5.41, 5.74) is 2.88. The number of aldehydes is 1. The maximum Gasteiger partial charge on any atom is 0.257 e. The topological polar surface area (TPSA) is 55.4 Å². The van der Waals surface area contributed by atoms with Gasteiger partial charge >= 0.3 is 0 Å². The van der Waals surface area contributed by atoms with Crippen LogP contribution in [0.2, 0.25) is 0 Å². The van der Waals surface area contributed by atoms with E-state index in [0.717, 1.165) is 12.7 Å². The van der Waals surface area contributed by atoms with Gasteiger partial charge in [-0.1, -0.05) is 72.8 Å². The number of nitrogens with one attached hydrogen (secondary N) is 1. The van der Waals surface area contributed by atoms with Gasteiger partial charge in [0.2, 0.25) is 0 Å². The molecule has 0 atom stereocenters. The average Bonchev–Trinajstić information content (AvgIpc) is 2.76. The van der Waals surface area contributed by atoms with Crippen molar-refractivity contribution >= 4 is 12.2 Å². The number of benzene rings is 3. The van der Waals surface area contributed by atoms with E-state index in [2.05, 4.69) is 29.6 Å². The minimum atomic E-state index is -0.208. The Morgan fingerprint density at radius 1 is 0.857 bits per heavy atom. The summed E-state index contributed by atoms with van der Waals surface area (Å²) in [7, 11) is 0. The molecule has 0 aliphatic carbocycles. The molecule has 3 aromatic carbocycles. The van der Waals surface area contributed by atoms with Crippen LogP contribution in [-0.2, 0) is 4.79 Å². The van der Waals surface area contributed by atoms with Crippen LogP contribution in [0.15, 0.2) is 84.9 Å². The SMILES string of the molecule is O=Cc1ccccc1OCC(=O)NCCC(c1ccccc1)c1ccccc1. The Labute approximate surface area is 165 Å². The molecule has 0 aliphatic rings. The predicted molar refractivity (Wildman–Crippen MR) is 110 cm³/mol. The van der Waals surface area contributed by atoms with Gasteiger partial charge in [0.1, 0.15) is 5.75 Å². The van der Waals surface area contributed by atoms with Gasteiger partial charge in [0.15, 0.2) is 12.9 Å². The van der Waals surface area contributed by atoms with Gasteiger partial charge in [0.25, 0.3) is 5.91 Å². The van der Waals surface area contributed by atoms with E-state index in [1.807, 2.05) is 36.4 Å². The second-order valence-electron chi connectivity index (χ2n) is 6.46. The standard InChI is InChI=1S/C24H23NO3/c26-17-21-13-7-8-14-23(21)28-18-24(27)25-16-15-22(19-9-3-1-4-10-19)20-11-5-2-6-12-20/h1-14,17,22H,15-16,18H2,(H,25,27). The van der Waals surface area contributed by atoms with Crippen molar-refractivity contribution in [3.63, 3.8) is 0 Å². The van der Waals surface area contributed by atoms with Crippen LogP contribution in [0.3, 0.4) is 0 Å². The predicted octanol–water partition coefficient (Wildman–Crippen LogP) is 4.22. The summed E-state index contributed by atoms with van der Waals surface area (Å²) in [5, 5.41) is 2.91. The number of carbonyl (C=O) groups is 2. The smallest absolute Gasteiger partial charge is 0.257 e. The third-order valence-electron chi connectivity index (χ3n) is 4.56. The van der Waals surface area contributed by atoms with E-state index >= 15 is 0 Å². The number of hydrogen-bond acceptors (Lipinski definition) is 3. The highest BCUT2D eigenvalue weighted by Crippen LogP contribution is 2.27. The second kappa shape index (κ2) is 10.1. The second-order valence-corrected chi connectivity index (χ2v) is 6.46. The fourth-order valence-corrected chi connectivity index (χ4v) is 3.16. The van der Waals surface area contributed by atoms with E-state index < -0.39 is 0 Å². The zero-order chi connectivity index (χ0) is 19.6. The summed E-state index contributed by atoms with van der Waals surface area (Å²) in [4.78, 5) is 23.2. The molecule has 142 valence electrons. The lowest BCUT2D eigenvalue weighted by atomic mass is 9.88. The van der Waals surface area contributed by atoms with Crippen molar-refractivity contribution < 1.29 is 14.3 Å². The maximum absolute atomic E-state index is 12.1. The third-order valence-corrected chi connectivity index (χ3v) is 4.56. The van der Waals surface area contributed by atoms with Crippen molar-refractivity contribution in [1.29, 1.82) is 0 Å². The lowest BCUT2D eigenvalue weighted by molar-refractivity contribution is -0.123. The Kier molecular flexibility index (Phi) is 6.96. The number of hydrogen-bond donors (Lipinski definition) is 1. The first-order valence-corrected chi connectivity index (χ1v) is 9.31. The van der Waals surface area contributed by atoms with Crippen LogP contribution < -0.4 is 10.1 Å². The van der Waals surface area contributed by atoms with Crippen LogP contribution in [0.4, 0.5) is 0 Å². The Balaban J connectivity index is 1.55. The van der Waals surface area contributed by atoms with Crippen LogP contribution in [0.1, 0.15) is 33.8 Å². The Morgan fingerprint density at radius 3 is 2.04 bits per heavy atom. The van der Waals surface area contributed by atoms with Crippen molar-refractivity contribution in [2.75, 3.05) is 13.2 Å². The number of carbonyl (C=O) groups excluding carboxylic acids is 2. The van der Waals surface area contributed by atoms with Crippen molar-refractivity contribution in [3.05, 3.63) is 102 Å². The van der Waals surface area contributed by atoms with Gasteiger partial charge in [-0.2, -0.15) is 0 Å². The van der Waals surface area contributed by atoms with E-state index in [9.17, 15) is 9.59 Å². The fraction of sp³-hybridized carbons (Fsp3) is 0.167. The molecule has 28 heavy (non-hydrogen) atoms. The summed E-state index contributed by atoms with van der Waals surface area (Å²) in [6.45, 7) is 0.415. The monoisotopic (exact) mass is 373 g/mol. The molecule has 1 amide bonds. The molecule has 3 aromatic rings. The molecule has 0 spiro atoms. The highest BCUT2D eigenvalue weighted by atomic mass is 16.5. The van der Waals surface area contributed by atoms with Crippen molar-refractivity contribution in [2.45, 2.75) is 12.3 Å². The Morgan fingerprint density at radius 2 is 1.43 bits per heavy atom. The molecular weight excluding hydrogens is 350 g/mol. The molecule has 0 saturated carbocycles. The summed E-state index contributed by atoms with van der Waals surface area (Å²) in [5.74, 6) is 0.416. The summed E-state index contributed by atoms with van der Waals surface area (Å²) in [6.07, 6.45) is 1.50. The summed E-state index contributed by atoms with van der Waals surface area (Å²) >= 11 is 0. The van der Waals surface area contributed by atoms with Crippen molar-refractivity contribution in [3.8, 4) is 5.75 Å². The lowest BCUT2D eigenvalue weighted by Gasteiger charge is -2.18. The average molecular weight is 373 g/mol. The quantitative estimate of drug-likeness (QED) is 0.572. The Bertz CT molecular complexity index is 854. The number of rotatable bonds is 9. The van der Waals surface area contributed by atoms with E-state index in [1.54, 1.807) is 24.3 Å². The normalized spacial score (nSPS) is 10.5. The first-order valence-electron chi connectivity index (χ1n) is 9.31. The molecule has 0 aliphatic heterocycles. The highest BCUT2D eigenvalue weighted by Gasteiger charge is 2.14. The van der Waals surface area contributed by atoms with Crippen molar-refractivity contribution in [2.24, 2.45) is 0 Å². The van der Waals surface area contributed by atoms with Gasteiger partial charge in [0.05, 0.1) is 5.56 Å². The van der Waals surface area contributed by atoms with Gasteiger partial charge in [0, 0.05) is 12.5 Å². The van der Waals surface area contributed by atoms with Crippen LogP contribution in [0.5, 0.6) is 5.75 Å². The first-order chi connectivity index (χ1) is 13.8. The lowest BCUT2D eigenvalue weighted by Crippen LogP contribution is -2.30. The van der Waals surface area contributed by atoms with Gasteiger partial charge in [-0.15, -0.1) is 0 Å². The van der Waals surface area contributed by atoms with E-state index in [1.165, 1.54) is 11.1 Å². The van der Waals surface area contributed by atoms with Gasteiger partial charge in [-0.25, -0.2) is 0 Å². The molecule has 3 rings (SSSR count). The number of amides is 1. The van der Waals surface area contributed by atoms with E-state index in [-0.39, 0.29) is 18.4 Å². The summed E-state index contributed by atoms with van der Waals surface area (Å²) < 4.78 is 5.47. The molecule has 1 N–H and O–H groups in total. The van der Waals surface area contributed by atoms with Crippen LogP contribution in [0.25, 0.3) is 0 Å². The molecule has 0 bridgehead atoms. The van der Waals surface area contributed by atoms with Crippen LogP contribution >= 0.6 is 0 Å². The summed E-state index contributed by atoms with van der Waals surface area (Å²) in [6, 6.07) is 27.4. The molecule has 4 heteroatoms. The first kappa shape index (κ1) is 19.4. The molecule has 0 radical (unpaired) electrons.